The second kappa shape index (κ2) is 6.03. The zero-order chi connectivity index (χ0) is 16.8. The average Bonchev–Trinajstić information content (AvgIpc) is 3.07. The molecular formula is C16H28N4O3. The number of nitrogens with zero attached hydrogens (tertiary/aromatic N) is 3. The highest BCUT2D eigenvalue weighted by molar-refractivity contribution is 6.35. The minimum absolute atomic E-state index is 0.257. The summed E-state index contributed by atoms with van der Waals surface area (Å²) in [6.07, 6.45) is 0.914. The van der Waals surface area contributed by atoms with E-state index in [9.17, 15) is 9.59 Å². The summed E-state index contributed by atoms with van der Waals surface area (Å²) in [5, 5.41) is 0. The Morgan fingerprint density at radius 2 is 1.74 bits per heavy atom. The normalized spacial score (nSPS) is 38.0. The average molecular weight is 324 g/mol. The summed E-state index contributed by atoms with van der Waals surface area (Å²) >= 11 is 0. The van der Waals surface area contributed by atoms with Crippen LogP contribution in [0.3, 0.4) is 0 Å². The fraction of sp³-hybridized carbons (Fsp3) is 0.875. The van der Waals surface area contributed by atoms with Crippen molar-refractivity contribution in [3.8, 4) is 0 Å². The molecule has 4 atom stereocenters. The van der Waals surface area contributed by atoms with E-state index in [0.717, 1.165) is 6.42 Å². The minimum Gasteiger partial charge on any atom is -0.371 e. The van der Waals surface area contributed by atoms with Crippen molar-refractivity contribution in [2.45, 2.75) is 38.0 Å². The summed E-state index contributed by atoms with van der Waals surface area (Å²) in [4.78, 5) is 30.9. The molecule has 0 aromatic rings. The molecule has 3 heterocycles. The van der Waals surface area contributed by atoms with E-state index >= 15 is 0 Å². The van der Waals surface area contributed by atoms with Crippen LogP contribution in [0.5, 0.6) is 0 Å². The highest BCUT2D eigenvalue weighted by atomic mass is 16.5. The molecule has 0 aliphatic carbocycles. The molecule has 130 valence electrons. The van der Waals surface area contributed by atoms with Gasteiger partial charge in [-0.05, 0) is 27.3 Å². The Morgan fingerprint density at radius 3 is 2.30 bits per heavy atom. The van der Waals surface area contributed by atoms with E-state index in [1.54, 1.807) is 9.80 Å². The molecule has 23 heavy (non-hydrogen) atoms. The molecule has 0 aromatic carbocycles. The molecule has 0 radical (unpaired) electrons. The predicted molar refractivity (Wildman–Crippen MR) is 85.7 cm³/mol. The van der Waals surface area contributed by atoms with Gasteiger partial charge in [0.2, 0.25) is 0 Å². The van der Waals surface area contributed by atoms with Gasteiger partial charge < -0.3 is 20.3 Å². The fourth-order valence-electron chi connectivity index (χ4n) is 4.16. The Kier molecular flexibility index (Phi) is 4.37. The maximum absolute atomic E-state index is 12.7. The molecule has 3 aliphatic heterocycles. The first kappa shape index (κ1) is 16.7. The van der Waals surface area contributed by atoms with E-state index < -0.39 is 11.5 Å². The highest BCUT2D eigenvalue weighted by Gasteiger charge is 2.52. The SMILES string of the molecule is C[C@@H]1CN(C(=O)C(=O)N2C[C@@H]3CCO[C@]3(CN)C2)C[C@H](C)N1C. The quantitative estimate of drug-likeness (QED) is 0.633. The third-order valence-corrected chi connectivity index (χ3v) is 5.96. The number of likely N-dealkylation sites (N-methyl/N-ethyl adjacent to an activating group) is 1. The van der Waals surface area contributed by atoms with Gasteiger partial charge in [0, 0.05) is 50.8 Å². The third-order valence-electron chi connectivity index (χ3n) is 5.96. The summed E-state index contributed by atoms with van der Waals surface area (Å²) in [5.41, 5.74) is 5.45. The molecule has 0 saturated carbocycles. The van der Waals surface area contributed by atoms with Crippen molar-refractivity contribution >= 4 is 11.8 Å². The molecule has 3 rings (SSSR count). The van der Waals surface area contributed by atoms with Gasteiger partial charge in [-0.1, -0.05) is 0 Å². The topological polar surface area (TPSA) is 79.1 Å². The van der Waals surface area contributed by atoms with Gasteiger partial charge in [0.15, 0.2) is 0 Å². The molecule has 0 aromatic heterocycles. The number of piperazine rings is 1. The Balaban J connectivity index is 1.66. The number of nitrogens with two attached hydrogens (primary N) is 1. The van der Waals surface area contributed by atoms with Gasteiger partial charge in [0.05, 0.1) is 6.54 Å². The van der Waals surface area contributed by atoms with Crippen molar-refractivity contribution in [1.29, 1.82) is 0 Å². The zero-order valence-electron chi connectivity index (χ0n) is 14.3. The summed E-state index contributed by atoms with van der Waals surface area (Å²) in [6.45, 7) is 7.49. The number of carbonyl (C=O) groups is 2. The van der Waals surface area contributed by atoms with Crippen molar-refractivity contribution in [2.24, 2.45) is 11.7 Å². The van der Waals surface area contributed by atoms with Crippen LogP contribution in [0.25, 0.3) is 0 Å². The lowest BCUT2D eigenvalue weighted by atomic mass is 9.91. The van der Waals surface area contributed by atoms with Gasteiger partial charge in [0.25, 0.3) is 0 Å². The molecule has 3 saturated heterocycles. The standard InChI is InChI=1S/C16H28N4O3/c1-11-6-19(7-12(2)18(11)3)14(21)15(22)20-8-13-4-5-23-16(13,9-17)10-20/h11-13H,4-10,17H2,1-3H3/t11-,12+,13-,16+/m0/s1. The number of hydrogen-bond acceptors (Lipinski definition) is 5. The first-order valence-electron chi connectivity index (χ1n) is 8.52. The maximum Gasteiger partial charge on any atom is 0.312 e. The Hall–Kier alpha value is -1.18. The first-order chi connectivity index (χ1) is 10.9. The summed E-state index contributed by atoms with van der Waals surface area (Å²) < 4.78 is 5.82. The second-order valence-electron chi connectivity index (χ2n) is 7.36. The van der Waals surface area contributed by atoms with Crippen LogP contribution in [-0.2, 0) is 14.3 Å². The van der Waals surface area contributed by atoms with Gasteiger partial charge in [-0.15, -0.1) is 0 Å². The van der Waals surface area contributed by atoms with Crippen molar-refractivity contribution in [3.05, 3.63) is 0 Å². The molecule has 0 spiro atoms. The zero-order valence-corrected chi connectivity index (χ0v) is 14.3. The van der Waals surface area contributed by atoms with Crippen LogP contribution in [-0.4, -0.2) is 90.6 Å². The molecule has 3 fully saturated rings. The van der Waals surface area contributed by atoms with Crippen LogP contribution in [0, 0.1) is 5.92 Å². The van der Waals surface area contributed by atoms with E-state index in [0.29, 0.717) is 39.3 Å². The van der Waals surface area contributed by atoms with Crippen molar-refractivity contribution in [3.63, 3.8) is 0 Å². The van der Waals surface area contributed by atoms with Crippen LogP contribution in [0.2, 0.25) is 0 Å². The van der Waals surface area contributed by atoms with Gasteiger partial charge >= 0.3 is 11.8 Å². The van der Waals surface area contributed by atoms with Crippen LogP contribution < -0.4 is 5.73 Å². The summed E-state index contributed by atoms with van der Waals surface area (Å²) in [7, 11) is 2.06. The molecule has 3 aliphatic rings. The smallest absolute Gasteiger partial charge is 0.312 e. The molecule has 2 N–H and O–H groups in total. The van der Waals surface area contributed by atoms with Crippen LogP contribution >= 0.6 is 0 Å². The van der Waals surface area contributed by atoms with Gasteiger partial charge in [-0.2, -0.15) is 0 Å². The maximum atomic E-state index is 12.7. The Labute approximate surface area is 137 Å². The molecule has 0 bridgehead atoms. The lowest BCUT2D eigenvalue weighted by molar-refractivity contribution is -0.154. The number of rotatable bonds is 1. The van der Waals surface area contributed by atoms with Crippen LogP contribution in [0.1, 0.15) is 20.3 Å². The number of fused-ring (bicyclic) bond motifs is 1. The van der Waals surface area contributed by atoms with Gasteiger partial charge in [-0.3, -0.25) is 14.5 Å². The second-order valence-corrected chi connectivity index (χ2v) is 7.36. The number of ether oxygens (including phenoxy) is 1. The van der Waals surface area contributed by atoms with Crippen molar-refractivity contribution < 1.29 is 14.3 Å². The van der Waals surface area contributed by atoms with Crippen LogP contribution in [0.4, 0.5) is 0 Å². The van der Waals surface area contributed by atoms with E-state index in [-0.39, 0.29) is 23.9 Å². The fourth-order valence-corrected chi connectivity index (χ4v) is 4.16. The van der Waals surface area contributed by atoms with Crippen molar-refractivity contribution in [1.82, 2.24) is 14.7 Å². The minimum atomic E-state index is -0.432. The number of hydrogen-bond donors (Lipinski definition) is 1. The monoisotopic (exact) mass is 324 g/mol. The largest absolute Gasteiger partial charge is 0.371 e. The number of likely N-dealkylation sites (tertiary alicyclic amines) is 1. The van der Waals surface area contributed by atoms with Gasteiger partial charge in [0.1, 0.15) is 5.60 Å². The predicted octanol–water partition coefficient (Wildman–Crippen LogP) is -0.886. The van der Waals surface area contributed by atoms with Crippen LogP contribution in [0.15, 0.2) is 0 Å². The van der Waals surface area contributed by atoms with E-state index in [2.05, 4.69) is 25.8 Å². The number of carbonyl (C=O) groups excluding carboxylic acids is 2. The highest BCUT2D eigenvalue weighted by Crippen LogP contribution is 2.38. The first-order valence-corrected chi connectivity index (χ1v) is 8.52. The molecule has 0 unspecified atom stereocenters. The van der Waals surface area contributed by atoms with E-state index in [1.165, 1.54) is 0 Å². The lowest BCUT2D eigenvalue weighted by Crippen LogP contribution is -2.59. The molecule has 7 nitrogen and oxygen atoms in total. The van der Waals surface area contributed by atoms with E-state index in [4.69, 9.17) is 10.5 Å². The third kappa shape index (κ3) is 2.75. The van der Waals surface area contributed by atoms with Crippen molar-refractivity contribution in [2.75, 3.05) is 46.4 Å². The Bertz CT molecular complexity index is 488. The molecule has 7 heteroatoms. The lowest BCUT2D eigenvalue weighted by Gasteiger charge is -2.42. The summed E-state index contributed by atoms with van der Waals surface area (Å²) in [6, 6.07) is 0.513. The number of amides is 2. The summed E-state index contributed by atoms with van der Waals surface area (Å²) in [5.74, 6) is -0.529. The molecule has 2 amide bonds. The Morgan fingerprint density at radius 1 is 1.13 bits per heavy atom. The molecular weight excluding hydrogens is 296 g/mol. The van der Waals surface area contributed by atoms with E-state index in [1.807, 2.05) is 0 Å². The van der Waals surface area contributed by atoms with Gasteiger partial charge in [-0.25, -0.2) is 0 Å².